The molecule has 0 spiro atoms. The molecule has 4 heterocycles. The Bertz CT molecular complexity index is 3440. The topological polar surface area (TPSA) is 561 Å². The number of amides is 6. The summed E-state index contributed by atoms with van der Waals surface area (Å²) in [5.41, 5.74) is 0. The van der Waals surface area contributed by atoms with Crippen LogP contribution in [-0.4, -0.2) is 449 Å². The Morgan fingerprint density at radius 1 is 0.381 bits per heavy atom. The Labute approximate surface area is 818 Å². The molecule has 139 heavy (non-hydrogen) atoms. The van der Waals surface area contributed by atoms with E-state index < -0.39 is 196 Å². The zero-order valence-corrected chi connectivity index (χ0v) is 83.6. The quantitative estimate of drug-likeness (QED) is 0.0345. The number of nitrogens with one attached hydrogen (secondary N) is 4. The average molecular weight is 2000 g/mol. The van der Waals surface area contributed by atoms with E-state index in [2.05, 4.69) is 21.3 Å². The molecule has 806 valence electrons. The fourth-order valence-corrected chi connectivity index (χ4v) is 19.4. The highest BCUT2D eigenvalue weighted by atomic mass is 16.8. The number of likely N-dealkylation sites (N-methyl/N-ethyl adjacent to an activating group) is 2. The van der Waals surface area contributed by atoms with Crippen LogP contribution in [0.1, 0.15) is 183 Å². The van der Waals surface area contributed by atoms with Crippen molar-refractivity contribution in [2.24, 2.45) is 41.4 Å². The van der Waals surface area contributed by atoms with Crippen LogP contribution in [0.15, 0.2) is 0 Å². The minimum atomic E-state index is -1.67. The Morgan fingerprint density at radius 2 is 0.741 bits per heavy atom. The third kappa shape index (κ3) is 39.8. The van der Waals surface area contributed by atoms with Gasteiger partial charge in [0, 0.05) is 91.8 Å². The van der Waals surface area contributed by atoms with Gasteiger partial charge in [0.2, 0.25) is 23.6 Å². The van der Waals surface area contributed by atoms with Crippen molar-refractivity contribution in [3.63, 3.8) is 0 Å². The third-order valence-corrected chi connectivity index (χ3v) is 27.5. The first-order chi connectivity index (χ1) is 66.9. The van der Waals surface area contributed by atoms with E-state index in [9.17, 15) is 84.6 Å². The molecule has 43 nitrogen and oxygen atoms in total. The fourth-order valence-electron chi connectivity index (χ4n) is 19.4. The Morgan fingerprint density at radius 3 is 1.14 bits per heavy atom. The number of hydrogen-bond donors (Lipinski definition) is 14. The van der Waals surface area contributed by atoms with Crippen molar-refractivity contribution in [3.05, 3.63) is 0 Å². The highest BCUT2D eigenvalue weighted by Gasteiger charge is 2.56. The standard InChI is InChI=1S/C96H170N6O37/c1-11-64-52-66(54-69(87(64)138-95-84(115)82(113)78(109)59(4)130-95)135-94-77(100-61(6)105)89(81(112)74(57-104)137-94)133-72(92(119)102(9)10)51-63-22-17-14-18-23-63)68(106)24-19-27-97-75(107)25-30-120-32-34-122-36-38-124-40-42-126-44-46-128-48-49-129-47-45-127-43-41-125-39-37-123-35-33-121-31-26-76(108)98-28-29-99-90(117)67-53-65(12-2)88(139-96-85(116)83(114)79(110)60(5)131-96)70(55-67)134-93-58(3)86(80(111)73(56-103)136-93)132-71(91(118)101(7)8)50-62-20-15-13-16-21-62/h58-60,62-67,69-74,77-89,93-96,103-104,109-116H,11-57H2,1-10H3,(H,97,107)(H,98,108)(H,99,117)(H,100,105)/t58-,59+,60+,64+,65+,66-,67-,69-,70-,71+,72+,73-,74-,77-,78-,79-,80+,81+,82-,83-,84+,85+,86-,87-,88-,89-,93-,94-,95+,96+/m1/s1. The fraction of sp³-hybridized carbons (Fsp3) is 0.927. The van der Waals surface area contributed by atoms with E-state index >= 15 is 0 Å². The van der Waals surface area contributed by atoms with Crippen LogP contribution in [-0.2, 0) is 128 Å². The number of carbonyl (C=O) groups is 7. The first kappa shape index (κ1) is 120. The summed E-state index contributed by atoms with van der Waals surface area (Å²) in [5, 5.41) is 121. The highest BCUT2D eigenvalue weighted by Crippen LogP contribution is 2.44. The Hall–Kier alpha value is -4.71. The van der Waals surface area contributed by atoms with Crippen LogP contribution in [0.25, 0.3) is 0 Å². The average Bonchev–Trinajstić information content (AvgIpc) is 0.775. The van der Waals surface area contributed by atoms with Crippen LogP contribution in [0, 0.1) is 41.4 Å². The van der Waals surface area contributed by atoms with E-state index in [1.165, 1.54) is 23.6 Å². The summed E-state index contributed by atoms with van der Waals surface area (Å²) < 4.78 is 120. The molecule has 4 aliphatic carbocycles. The lowest BCUT2D eigenvalue weighted by molar-refractivity contribution is -0.343. The molecule has 30 atom stereocenters. The van der Waals surface area contributed by atoms with Gasteiger partial charge in [-0.3, -0.25) is 33.6 Å². The Balaban J connectivity index is 0.596. The molecule has 0 aromatic carbocycles. The largest absolute Gasteiger partial charge is 0.394 e. The van der Waals surface area contributed by atoms with E-state index in [0.717, 1.165) is 64.2 Å². The van der Waals surface area contributed by atoms with Crippen molar-refractivity contribution in [3.8, 4) is 0 Å². The van der Waals surface area contributed by atoms with E-state index in [1.54, 1.807) is 42.0 Å². The van der Waals surface area contributed by atoms with Crippen LogP contribution in [0.4, 0.5) is 0 Å². The number of Topliss-reactive ketones (excluding diaryl/α,β-unsaturated/α-hetero) is 1. The van der Waals surface area contributed by atoms with Gasteiger partial charge in [0.05, 0.1) is 188 Å². The van der Waals surface area contributed by atoms with Crippen LogP contribution in [0.5, 0.6) is 0 Å². The number of aliphatic hydroxyl groups excluding tert-OH is 10. The summed E-state index contributed by atoms with van der Waals surface area (Å²) in [4.78, 5) is 97.2. The van der Waals surface area contributed by atoms with E-state index in [1.807, 2.05) is 13.8 Å². The number of ether oxygens (including phenoxy) is 20. The highest BCUT2D eigenvalue weighted by molar-refractivity contribution is 5.82. The van der Waals surface area contributed by atoms with Gasteiger partial charge in [0.1, 0.15) is 91.2 Å². The summed E-state index contributed by atoms with van der Waals surface area (Å²) in [6.45, 7) is 15.7. The van der Waals surface area contributed by atoms with Crippen LogP contribution in [0.2, 0.25) is 0 Å². The number of rotatable bonds is 65. The normalized spacial score (nSPS) is 32.6. The number of nitrogens with zero attached hydrogens (tertiary/aromatic N) is 2. The monoisotopic (exact) mass is 2000 g/mol. The molecule has 0 bridgehead atoms. The number of ketones is 1. The van der Waals surface area contributed by atoms with Gasteiger partial charge in [-0.05, 0) is 82.5 Å². The number of aliphatic hydroxyl groups is 10. The molecular weight excluding hydrogens is 1830 g/mol. The predicted octanol–water partition coefficient (Wildman–Crippen LogP) is -0.380. The smallest absolute Gasteiger partial charge is 0.251 e. The van der Waals surface area contributed by atoms with Gasteiger partial charge in [0.15, 0.2) is 25.2 Å². The summed E-state index contributed by atoms with van der Waals surface area (Å²) in [7, 11) is 6.52. The van der Waals surface area contributed by atoms with Gasteiger partial charge >= 0.3 is 0 Å². The zero-order valence-electron chi connectivity index (χ0n) is 83.6. The second-order valence-corrected chi connectivity index (χ2v) is 38.4. The molecule has 43 heteroatoms. The molecule has 6 amide bonds. The molecule has 14 N–H and O–H groups in total. The molecule has 8 fully saturated rings. The number of carbonyl (C=O) groups excluding carboxylic acids is 7. The van der Waals surface area contributed by atoms with Crippen LogP contribution in [0.3, 0.4) is 0 Å². The molecule has 0 aromatic rings. The zero-order chi connectivity index (χ0) is 101. The molecule has 4 aliphatic heterocycles. The molecule has 8 rings (SSSR count). The summed E-state index contributed by atoms with van der Waals surface area (Å²) in [6.07, 6.45) is -16.7. The minimum Gasteiger partial charge on any atom is -0.394 e. The van der Waals surface area contributed by atoms with Crippen molar-refractivity contribution in [2.75, 3.05) is 193 Å². The first-order valence-corrected chi connectivity index (χ1v) is 50.9. The molecule has 0 radical (unpaired) electrons. The van der Waals surface area contributed by atoms with Gasteiger partial charge in [0.25, 0.3) is 11.8 Å². The maximum atomic E-state index is 14.2. The second-order valence-electron chi connectivity index (χ2n) is 38.4. The van der Waals surface area contributed by atoms with Gasteiger partial charge in [-0.15, -0.1) is 0 Å². The van der Waals surface area contributed by atoms with Crippen molar-refractivity contribution in [2.45, 2.75) is 336 Å². The van der Waals surface area contributed by atoms with E-state index in [0.29, 0.717) is 151 Å². The number of hydrogen-bond acceptors (Lipinski definition) is 37. The lowest BCUT2D eigenvalue weighted by Gasteiger charge is -2.49. The van der Waals surface area contributed by atoms with Gasteiger partial charge < -0.3 is 177 Å². The maximum absolute atomic E-state index is 14.2. The van der Waals surface area contributed by atoms with Gasteiger partial charge in [-0.1, -0.05) is 97.8 Å². The maximum Gasteiger partial charge on any atom is 0.251 e. The Kier molecular flexibility index (Phi) is 56.0. The first-order valence-electron chi connectivity index (χ1n) is 50.9. The summed E-state index contributed by atoms with van der Waals surface area (Å²) in [6, 6.07) is -1.26. The third-order valence-electron chi connectivity index (χ3n) is 27.5. The summed E-state index contributed by atoms with van der Waals surface area (Å²) >= 11 is 0. The SMILES string of the molecule is CC[C@H]1C[C@@H](C(=O)NCCNC(=O)CCOCCOCCOCCOCCOCCOCCOCCOCCOCCOCCC(=O)NCCCC(=O)[C@@H]2C[C@H](CC)[C@@H](O[C@@H]3O[C@@H](C)[C@@H](O)[C@@H](O)[C@@H]3O)[C@H](O[C@@H]3O[C@H](CO)[C@H](O)[C@H](O[C@@H](CC4CCCCC4)C(=O)N(C)C)[C@H]3NC(C)=O)C2)C[C@@H](O[C@@H]2O[C@H](CO)[C@H](O)[C@H](O[C@@H](CC3CCCCC3)C(=O)N(C)C)[C@H]2C)[C@@H]1O[C@@H]1O[C@@H](C)[C@@H](O)[C@@H](O)[C@@H]1O. The van der Waals surface area contributed by atoms with Crippen molar-refractivity contribution in [1.29, 1.82) is 0 Å². The molecule has 0 aromatic heterocycles. The minimum absolute atomic E-state index is 0.0424. The van der Waals surface area contributed by atoms with Crippen LogP contribution >= 0.6 is 0 Å². The van der Waals surface area contributed by atoms with Gasteiger partial charge in [-0.25, -0.2) is 0 Å². The van der Waals surface area contributed by atoms with Gasteiger partial charge in [-0.2, -0.15) is 0 Å². The lowest BCUT2D eigenvalue weighted by atomic mass is 9.74. The van der Waals surface area contributed by atoms with E-state index in [4.69, 9.17) is 94.7 Å². The van der Waals surface area contributed by atoms with Crippen molar-refractivity contribution < 1.29 is 179 Å². The molecule has 4 saturated heterocycles. The second kappa shape index (κ2) is 65.1. The van der Waals surface area contributed by atoms with Crippen molar-refractivity contribution >= 4 is 41.2 Å². The molecular formula is C96H170N6O37. The van der Waals surface area contributed by atoms with Crippen LogP contribution < -0.4 is 21.3 Å². The van der Waals surface area contributed by atoms with Crippen molar-refractivity contribution in [1.82, 2.24) is 31.1 Å². The van der Waals surface area contributed by atoms with E-state index in [-0.39, 0.29) is 131 Å². The lowest BCUT2D eigenvalue weighted by Crippen LogP contribution is -2.67. The molecule has 4 saturated carbocycles. The summed E-state index contributed by atoms with van der Waals surface area (Å²) in [5.74, 6) is -4.38. The predicted molar refractivity (Wildman–Crippen MR) is 495 cm³/mol. The molecule has 0 unspecified atom stereocenters. The molecule has 8 aliphatic rings.